The van der Waals surface area contributed by atoms with Crippen molar-refractivity contribution >= 4 is 6.21 Å². The summed E-state index contributed by atoms with van der Waals surface area (Å²) < 4.78 is 5.33. The van der Waals surface area contributed by atoms with Gasteiger partial charge in [0.2, 0.25) is 0 Å². The van der Waals surface area contributed by atoms with Gasteiger partial charge in [-0.05, 0) is 19.1 Å². The summed E-state index contributed by atoms with van der Waals surface area (Å²) >= 11 is 0. The maximum atomic E-state index is 5.33. The molecule has 1 heterocycles. The van der Waals surface area contributed by atoms with Crippen LogP contribution in [0.25, 0.3) is 0 Å². The predicted octanol–water partition coefficient (Wildman–Crippen LogP) is 3.27. The first-order valence-electron chi connectivity index (χ1n) is 5.87. The molecule has 0 saturated heterocycles. The first-order chi connectivity index (χ1) is 8.81. The number of aromatic nitrogens is 1. The van der Waals surface area contributed by atoms with Crippen molar-refractivity contribution in [1.29, 1.82) is 0 Å². The predicted molar refractivity (Wildman–Crippen MR) is 73.2 cm³/mol. The second-order valence-electron chi connectivity index (χ2n) is 3.98. The molecular weight excluding hydrogens is 224 g/mol. The molecule has 0 bridgehead atoms. The number of methoxy groups -OCH3 is 1. The number of benzene rings is 1. The number of hydrogen-bond acceptors (Lipinski definition) is 3. The van der Waals surface area contributed by atoms with Crippen LogP contribution in [0.2, 0.25) is 0 Å². The Hall–Kier alpha value is -2.16. The summed E-state index contributed by atoms with van der Waals surface area (Å²) in [5.74, 6) is 0.869. The monoisotopic (exact) mass is 240 g/mol. The van der Waals surface area contributed by atoms with Crippen molar-refractivity contribution in [2.75, 3.05) is 7.11 Å². The Morgan fingerprint density at radius 2 is 2.06 bits per heavy atom. The van der Waals surface area contributed by atoms with Crippen molar-refractivity contribution in [2.45, 2.75) is 13.0 Å². The minimum atomic E-state index is 0.0568. The molecule has 1 unspecified atom stereocenters. The zero-order valence-corrected chi connectivity index (χ0v) is 10.6. The number of hydrogen-bond donors (Lipinski definition) is 0. The van der Waals surface area contributed by atoms with Crippen LogP contribution in [-0.2, 0) is 0 Å². The van der Waals surface area contributed by atoms with Gasteiger partial charge < -0.3 is 4.74 Å². The van der Waals surface area contributed by atoms with Crippen molar-refractivity contribution < 1.29 is 4.74 Å². The number of pyridine rings is 1. The lowest BCUT2D eigenvalue weighted by Gasteiger charge is -2.11. The van der Waals surface area contributed by atoms with Crippen LogP contribution < -0.4 is 4.74 Å². The van der Waals surface area contributed by atoms with Gasteiger partial charge in [0.1, 0.15) is 5.75 Å². The van der Waals surface area contributed by atoms with Crippen LogP contribution in [0.3, 0.4) is 0 Å². The highest BCUT2D eigenvalue weighted by Crippen LogP contribution is 2.26. The van der Waals surface area contributed by atoms with Crippen molar-refractivity contribution in [3.05, 3.63) is 59.9 Å². The first kappa shape index (κ1) is 12.3. The number of para-hydroxylation sites is 1. The summed E-state index contributed by atoms with van der Waals surface area (Å²) in [6, 6.07) is 11.9. The van der Waals surface area contributed by atoms with Crippen LogP contribution in [0.1, 0.15) is 24.1 Å². The molecule has 0 fully saturated rings. The van der Waals surface area contributed by atoms with Gasteiger partial charge in [0, 0.05) is 29.7 Å². The quantitative estimate of drug-likeness (QED) is 0.769. The lowest BCUT2D eigenvalue weighted by Crippen LogP contribution is -1.95. The van der Waals surface area contributed by atoms with Crippen LogP contribution in [0.5, 0.6) is 5.75 Å². The summed E-state index contributed by atoms with van der Waals surface area (Å²) in [6.07, 6.45) is 5.38. The normalized spacial score (nSPS) is 12.6. The molecule has 0 amide bonds. The van der Waals surface area contributed by atoms with Gasteiger partial charge in [0.05, 0.1) is 13.2 Å². The molecule has 92 valence electrons. The zero-order valence-electron chi connectivity index (χ0n) is 10.6. The second-order valence-corrected chi connectivity index (χ2v) is 3.98. The van der Waals surface area contributed by atoms with E-state index in [4.69, 9.17) is 4.74 Å². The van der Waals surface area contributed by atoms with Gasteiger partial charge in [-0.2, -0.15) is 0 Å². The molecule has 3 heteroatoms. The van der Waals surface area contributed by atoms with E-state index in [-0.39, 0.29) is 6.04 Å². The molecule has 2 aromatic rings. The standard InChI is InChI=1S/C15H16N2O/c1-12(14-7-3-4-8-15(14)18-2)17-11-13-6-5-9-16-10-13/h3-12H,1-2H3. The van der Waals surface area contributed by atoms with Crippen molar-refractivity contribution in [3.8, 4) is 5.75 Å². The molecule has 0 aliphatic heterocycles. The van der Waals surface area contributed by atoms with Gasteiger partial charge in [0.15, 0.2) is 0 Å². The number of rotatable bonds is 4. The average molecular weight is 240 g/mol. The van der Waals surface area contributed by atoms with Crippen molar-refractivity contribution in [1.82, 2.24) is 4.98 Å². The van der Waals surface area contributed by atoms with E-state index in [0.29, 0.717) is 0 Å². The van der Waals surface area contributed by atoms with E-state index in [1.807, 2.05) is 49.5 Å². The molecule has 0 saturated carbocycles. The zero-order chi connectivity index (χ0) is 12.8. The molecule has 3 nitrogen and oxygen atoms in total. The number of aliphatic imine (C=N–C) groups is 1. The smallest absolute Gasteiger partial charge is 0.124 e. The minimum absolute atomic E-state index is 0.0568. The second kappa shape index (κ2) is 5.96. The van der Waals surface area contributed by atoms with Crippen LogP contribution in [-0.4, -0.2) is 18.3 Å². The van der Waals surface area contributed by atoms with E-state index in [9.17, 15) is 0 Å². The Balaban J connectivity index is 2.17. The van der Waals surface area contributed by atoms with Crippen LogP contribution >= 0.6 is 0 Å². The van der Waals surface area contributed by atoms with E-state index < -0.39 is 0 Å². The Bertz CT molecular complexity index is 523. The summed E-state index contributed by atoms with van der Waals surface area (Å²) in [6.45, 7) is 2.05. The summed E-state index contributed by atoms with van der Waals surface area (Å²) in [4.78, 5) is 8.58. The fourth-order valence-electron chi connectivity index (χ4n) is 1.74. The molecule has 1 atom stereocenters. The highest BCUT2D eigenvalue weighted by Gasteiger charge is 2.08. The fourth-order valence-corrected chi connectivity index (χ4v) is 1.74. The lowest BCUT2D eigenvalue weighted by atomic mass is 10.1. The minimum Gasteiger partial charge on any atom is -0.496 e. The first-order valence-corrected chi connectivity index (χ1v) is 5.87. The Morgan fingerprint density at radius 3 is 2.78 bits per heavy atom. The summed E-state index contributed by atoms with van der Waals surface area (Å²) in [5, 5.41) is 0. The van der Waals surface area contributed by atoms with Crippen LogP contribution in [0.15, 0.2) is 53.8 Å². The molecule has 1 aromatic carbocycles. The van der Waals surface area contributed by atoms with E-state index in [1.165, 1.54) is 0 Å². The van der Waals surface area contributed by atoms with Crippen molar-refractivity contribution in [2.24, 2.45) is 4.99 Å². The molecule has 0 radical (unpaired) electrons. The van der Waals surface area contributed by atoms with Gasteiger partial charge >= 0.3 is 0 Å². The fraction of sp³-hybridized carbons (Fsp3) is 0.200. The Morgan fingerprint density at radius 1 is 1.22 bits per heavy atom. The highest BCUT2D eigenvalue weighted by molar-refractivity contribution is 5.79. The topological polar surface area (TPSA) is 34.5 Å². The van der Waals surface area contributed by atoms with Gasteiger partial charge in [0.25, 0.3) is 0 Å². The number of ether oxygens (including phenoxy) is 1. The third-order valence-electron chi connectivity index (χ3n) is 2.72. The van der Waals surface area contributed by atoms with E-state index in [2.05, 4.69) is 9.98 Å². The SMILES string of the molecule is COc1ccccc1C(C)N=Cc1cccnc1. The van der Waals surface area contributed by atoms with E-state index >= 15 is 0 Å². The highest BCUT2D eigenvalue weighted by atomic mass is 16.5. The third kappa shape index (κ3) is 2.94. The number of nitrogens with zero attached hydrogens (tertiary/aromatic N) is 2. The maximum absolute atomic E-state index is 5.33. The Kier molecular flexibility index (Phi) is 4.07. The van der Waals surface area contributed by atoms with E-state index in [0.717, 1.165) is 16.9 Å². The Labute approximate surface area is 107 Å². The van der Waals surface area contributed by atoms with Gasteiger partial charge in [-0.15, -0.1) is 0 Å². The molecule has 18 heavy (non-hydrogen) atoms. The lowest BCUT2D eigenvalue weighted by molar-refractivity contribution is 0.407. The molecule has 2 rings (SSSR count). The van der Waals surface area contributed by atoms with Gasteiger partial charge in [-0.25, -0.2) is 0 Å². The van der Waals surface area contributed by atoms with Gasteiger partial charge in [-0.1, -0.05) is 24.3 Å². The van der Waals surface area contributed by atoms with Crippen LogP contribution in [0.4, 0.5) is 0 Å². The van der Waals surface area contributed by atoms with E-state index in [1.54, 1.807) is 19.5 Å². The molecule has 0 spiro atoms. The third-order valence-corrected chi connectivity index (χ3v) is 2.72. The maximum Gasteiger partial charge on any atom is 0.124 e. The summed E-state index contributed by atoms with van der Waals surface area (Å²) in [5.41, 5.74) is 2.08. The van der Waals surface area contributed by atoms with Crippen LogP contribution in [0, 0.1) is 0 Å². The molecule has 0 aliphatic rings. The average Bonchev–Trinajstić information content (AvgIpc) is 2.45. The molecule has 0 N–H and O–H groups in total. The summed E-state index contributed by atoms with van der Waals surface area (Å²) in [7, 11) is 1.68. The van der Waals surface area contributed by atoms with Gasteiger partial charge in [-0.3, -0.25) is 9.98 Å². The molecular formula is C15H16N2O. The largest absolute Gasteiger partial charge is 0.496 e. The van der Waals surface area contributed by atoms with Crippen molar-refractivity contribution in [3.63, 3.8) is 0 Å². The molecule has 0 aliphatic carbocycles. The molecule has 1 aromatic heterocycles.